The molecule has 20 heavy (non-hydrogen) atoms. The van der Waals surface area contributed by atoms with E-state index in [1.54, 1.807) is 0 Å². The van der Waals surface area contributed by atoms with Crippen molar-refractivity contribution in [3.8, 4) is 0 Å². The quantitative estimate of drug-likeness (QED) is 0.554. The van der Waals surface area contributed by atoms with Gasteiger partial charge in [-0.05, 0) is 44.4 Å². The van der Waals surface area contributed by atoms with Gasteiger partial charge in [-0.1, -0.05) is 19.4 Å². The topological polar surface area (TPSA) is 52.6 Å². The number of carbonyl (C=O) groups excluding carboxylic acids is 2. The van der Waals surface area contributed by atoms with E-state index in [4.69, 9.17) is 9.47 Å². The van der Waals surface area contributed by atoms with E-state index in [9.17, 15) is 9.59 Å². The summed E-state index contributed by atoms with van der Waals surface area (Å²) in [5, 5.41) is 0. The van der Waals surface area contributed by atoms with Crippen LogP contribution < -0.4 is 0 Å². The lowest BCUT2D eigenvalue weighted by atomic mass is 9.98. The van der Waals surface area contributed by atoms with Crippen LogP contribution in [0, 0.1) is 5.92 Å². The average Bonchev–Trinajstić information content (AvgIpc) is 3.10. The van der Waals surface area contributed by atoms with Gasteiger partial charge in [-0.25, -0.2) is 4.79 Å². The molecule has 0 spiro atoms. The summed E-state index contributed by atoms with van der Waals surface area (Å²) in [4.78, 5) is 23.4. The molecule has 0 bridgehead atoms. The van der Waals surface area contributed by atoms with E-state index >= 15 is 0 Å². The first-order chi connectivity index (χ1) is 9.69. The minimum atomic E-state index is -0.449. The molecule has 0 saturated heterocycles. The summed E-state index contributed by atoms with van der Waals surface area (Å²) in [6, 6.07) is 0. The van der Waals surface area contributed by atoms with E-state index in [0.29, 0.717) is 0 Å². The molecule has 2 aliphatic carbocycles. The van der Waals surface area contributed by atoms with Gasteiger partial charge in [-0.3, -0.25) is 4.79 Å². The number of rotatable bonds is 6. The zero-order chi connectivity index (χ0) is 14.4. The fourth-order valence-corrected chi connectivity index (χ4v) is 3.24. The summed E-state index contributed by atoms with van der Waals surface area (Å²) in [6.45, 7) is 3.41. The minimum Gasteiger partial charge on any atom is -0.462 e. The van der Waals surface area contributed by atoms with Gasteiger partial charge in [0.2, 0.25) is 0 Å². The predicted octanol–water partition coefficient (Wildman–Crippen LogP) is 3.15. The minimum absolute atomic E-state index is 0.0711. The summed E-state index contributed by atoms with van der Waals surface area (Å²) < 4.78 is 10.8. The van der Waals surface area contributed by atoms with Crippen LogP contribution >= 0.6 is 0 Å². The number of carbonyl (C=O) groups is 2. The second-order valence-electron chi connectivity index (χ2n) is 5.82. The molecule has 2 aliphatic rings. The third kappa shape index (κ3) is 4.36. The molecule has 1 atom stereocenters. The van der Waals surface area contributed by atoms with Gasteiger partial charge in [0.25, 0.3) is 0 Å². The van der Waals surface area contributed by atoms with Crippen LogP contribution in [0.5, 0.6) is 0 Å². The number of hydrogen-bond donors (Lipinski definition) is 0. The third-order valence-corrected chi connectivity index (χ3v) is 4.33. The van der Waals surface area contributed by atoms with Crippen LogP contribution in [0.25, 0.3) is 0 Å². The molecule has 0 heterocycles. The Bertz CT molecular complexity index is 351. The Morgan fingerprint density at radius 3 is 2.30 bits per heavy atom. The molecule has 0 N–H and O–H groups in total. The first-order valence-corrected chi connectivity index (χ1v) is 7.71. The molecule has 0 aliphatic heterocycles. The van der Waals surface area contributed by atoms with Crippen molar-refractivity contribution in [1.29, 1.82) is 0 Å². The van der Waals surface area contributed by atoms with Crippen molar-refractivity contribution in [2.75, 3.05) is 0 Å². The Kier molecular flexibility index (Phi) is 5.62. The lowest BCUT2D eigenvalue weighted by molar-refractivity contribution is -0.157. The fourth-order valence-electron chi connectivity index (χ4n) is 3.24. The van der Waals surface area contributed by atoms with Crippen LogP contribution in [-0.2, 0) is 19.1 Å². The second-order valence-corrected chi connectivity index (χ2v) is 5.82. The highest BCUT2D eigenvalue weighted by atomic mass is 16.6. The van der Waals surface area contributed by atoms with E-state index in [-0.39, 0.29) is 30.5 Å². The molecular weight excluding hydrogens is 256 g/mol. The molecule has 112 valence electrons. The Morgan fingerprint density at radius 2 is 1.70 bits per heavy atom. The SMILES string of the molecule is C=CC(=O)OC(CC(=O)OC1CCCC1)C1CCCC1. The number of esters is 2. The third-order valence-electron chi connectivity index (χ3n) is 4.33. The van der Waals surface area contributed by atoms with Crippen molar-refractivity contribution in [1.82, 2.24) is 0 Å². The zero-order valence-corrected chi connectivity index (χ0v) is 12.0. The molecule has 2 fully saturated rings. The first kappa shape index (κ1) is 15.1. The summed E-state index contributed by atoms with van der Waals surface area (Å²) in [7, 11) is 0. The highest BCUT2D eigenvalue weighted by Gasteiger charge is 2.31. The Hall–Kier alpha value is -1.32. The molecule has 4 nitrogen and oxygen atoms in total. The summed E-state index contributed by atoms with van der Waals surface area (Å²) in [5.41, 5.74) is 0. The van der Waals surface area contributed by atoms with Crippen molar-refractivity contribution in [3.63, 3.8) is 0 Å². The zero-order valence-electron chi connectivity index (χ0n) is 12.0. The van der Waals surface area contributed by atoms with Gasteiger partial charge in [0, 0.05) is 6.08 Å². The molecule has 1 unspecified atom stereocenters. The van der Waals surface area contributed by atoms with E-state index in [0.717, 1.165) is 57.4 Å². The van der Waals surface area contributed by atoms with E-state index < -0.39 is 5.97 Å². The standard InChI is InChI=1S/C16H24O4/c1-2-15(17)20-14(12-7-3-4-8-12)11-16(18)19-13-9-5-6-10-13/h2,12-14H,1,3-11H2. The molecule has 0 amide bonds. The smallest absolute Gasteiger partial charge is 0.330 e. The Balaban J connectivity index is 1.86. The van der Waals surface area contributed by atoms with Crippen LogP contribution in [0.3, 0.4) is 0 Å². The van der Waals surface area contributed by atoms with Gasteiger partial charge < -0.3 is 9.47 Å². The van der Waals surface area contributed by atoms with Gasteiger partial charge in [-0.15, -0.1) is 0 Å². The highest BCUT2D eigenvalue weighted by molar-refractivity contribution is 5.81. The van der Waals surface area contributed by atoms with Gasteiger partial charge in [0.15, 0.2) is 0 Å². The predicted molar refractivity (Wildman–Crippen MR) is 75.0 cm³/mol. The van der Waals surface area contributed by atoms with Crippen LogP contribution in [-0.4, -0.2) is 24.1 Å². The van der Waals surface area contributed by atoms with Crippen molar-refractivity contribution < 1.29 is 19.1 Å². The maximum atomic E-state index is 12.0. The molecule has 4 heteroatoms. The average molecular weight is 280 g/mol. The largest absolute Gasteiger partial charge is 0.462 e. The van der Waals surface area contributed by atoms with Crippen LogP contribution in [0.4, 0.5) is 0 Å². The number of hydrogen-bond acceptors (Lipinski definition) is 4. The molecule has 2 rings (SSSR count). The molecular formula is C16H24O4. The molecule has 0 aromatic rings. The fraction of sp³-hybridized carbons (Fsp3) is 0.750. The lowest BCUT2D eigenvalue weighted by Gasteiger charge is -2.23. The van der Waals surface area contributed by atoms with Crippen molar-refractivity contribution >= 4 is 11.9 Å². The van der Waals surface area contributed by atoms with Crippen LogP contribution in [0.2, 0.25) is 0 Å². The van der Waals surface area contributed by atoms with E-state index in [2.05, 4.69) is 6.58 Å². The van der Waals surface area contributed by atoms with Crippen LogP contribution in [0.15, 0.2) is 12.7 Å². The van der Waals surface area contributed by atoms with Gasteiger partial charge in [-0.2, -0.15) is 0 Å². The molecule has 0 aromatic heterocycles. The summed E-state index contributed by atoms with van der Waals surface area (Å²) in [5.74, 6) is -0.392. The molecule has 0 aromatic carbocycles. The van der Waals surface area contributed by atoms with Gasteiger partial charge in [0.1, 0.15) is 12.2 Å². The maximum Gasteiger partial charge on any atom is 0.330 e. The molecule has 2 saturated carbocycles. The Labute approximate surface area is 120 Å². The van der Waals surface area contributed by atoms with Crippen molar-refractivity contribution in [2.45, 2.75) is 70.0 Å². The maximum absolute atomic E-state index is 12.0. The number of ether oxygens (including phenoxy) is 2. The highest BCUT2D eigenvalue weighted by Crippen LogP contribution is 2.31. The Morgan fingerprint density at radius 1 is 1.10 bits per heavy atom. The summed E-state index contributed by atoms with van der Waals surface area (Å²) >= 11 is 0. The normalized spacial score (nSPS) is 21.6. The monoisotopic (exact) mass is 280 g/mol. The van der Waals surface area contributed by atoms with Crippen molar-refractivity contribution in [2.24, 2.45) is 5.92 Å². The van der Waals surface area contributed by atoms with E-state index in [1.165, 1.54) is 0 Å². The lowest BCUT2D eigenvalue weighted by Crippen LogP contribution is -2.29. The van der Waals surface area contributed by atoms with Gasteiger partial charge in [0.05, 0.1) is 6.42 Å². The van der Waals surface area contributed by atoms with Crippen molar-refractivity contribution in [3.05, 3.63) is 12.7 Å². The first-order valence-electron chi connectivity index (χ1n) is 7.71. The second kappa shape index (κ2) is 7.46. The van der Waals surface area contributed by atoms with Gasteiger partial charge >= 0.3 is 11.9 Å². The van der Waals surface area contributed by atoms with Crippen LogP contribution in [0.1, 0.15) is 57.8 Å². The summed E-state index contributed by atoms with van der Waals surface area (Å²) in [6.07, 6.45) is 9.58. The van der Waals surface area contributed by atoms with E-state index in [1.807, 2.05) is 0 Å². The molecule has 0 radical (unpaired) electrons.